The van der Waals surface area contributed by atoms with E-state index in [1.807, 2.05) is 92.7 Å². The molecule has 1 fully saturated rings. The van der Waals surface area contributed by atoms with Gasteiger partial charge >= 0.3 is 0 Å². The normalized spacial score (nSPS) is 17.4. The van der Waals surface area contributed by atoms with Crippen molar-refractivity contribution in [3.63, 3.8) is 0 Å². The number of aliphatic imine (C=N–C) groups is 1. The van der Waals surface area contributed by atoms with E-state index in [-0.39, 0.29) is 18.2 Å². The highest BCUT2D eigenvalue weighted by Gasteiger charge is 2.36. The van der Waals surface area contributed by atoms with Crippen molar-refractivity contribution in [2.24, 2.45) is 4.99 Å². The maximum absolute atomic E-state index is 13.1. The third-order valence-electron chi connectivity index (χ3n) is 5.24. The molecule has 0 aromatic heterocycles. The highest BCUT2D eigenvalue weighted by Crippen LogP contribution is 2.31. The minimum absolute atomic E-state index is 0.108. The van der Waals surface area contributed by atoms with Crippen LogP contribution in [0.1, 0.15) is 23.1 Å². The number of hydrogen-bond acceptors (Lipinski definition) is 4. The Balaban J connectivity index is 1.59. The van der Waals surface area contributed by atoms with Gasteiger partial charge in [-0.25, -0.2) is 4.99 Å². The van der Waals surface area contributed by atoms with Gasteiger partial charge in [0.05, 0.1) is 12.2 Å². The summed E-state index contributed by atoms with van der Waals surface area (Å²) in [4.78, 5) is 32.6. The van der Waals surface area contributed by atoms with Crippen LogP contribution in [0.3, 0.4) is 0 Å². The maximum atomic E-state index is 13.1. The molecule has 1 saturated heterocycles. The van der Waals surface area contributed by atoms with Crippen LogP contribution in [0.25, 0.3) is 0 Å². The lowest BCUT2D eigenvalue weighted by Crippen LogP contribution is -2.44. The summed E-state index contributed by atoms with van der Waals surface area (Å²) in [5.74, 6) is -0.293. The van der Waals surface area contributed by atoms with Crippen molar-refractivity contribution in [3.8, 4) is 0 Å². The monoisotopic (exact) mass is 443 g/mol. The average Bonchev–Trinajstić information content (AvgIpc) is 2.79. The lowest BCUT2D eigenvalue weighted by atomic mass is 10.1. The topological polar surface area (TPSA) is 61.8 Å². The van der Waals surface area contributed by atoms with Gasteiger partial charge in [-0.1, -0.05) is 78.0 Å². The summed E-state index contributed by atoms with van der Waals surface area (Å²) in [6, 6.07) is 25.2. The van der Waals surface area contributed by atoms with Gasteiger partial charge in [0.25, 0.3) is 0 Å². The molecule has 3 aromatic rings. The quantitative estimate of drug-likeness (QED) is 0.569. The summed E-state index contributed by atoms with van der Waals surface area (Å²) < 4.78 is 0. The van der Waals surface area contributed by atoms with E-state index in [1.165, 1.54) is 11.8 Å². The lowest BCUT2D eigenvalue weighted by Gasteiger charge is -2.32. The molecule has 0 radical (unpaired) electrons. The van der Waals surface area contributed by atoms with Crippen LogP contribution in [0.2, 0.25) is 0 Å². The molecule has 0 spiro atoms. The Hall–Kier alpha value is -3.38. The fourth-order valence-electron chi connectivity index (χ4n) is 3.54. The number of thioether (sulfide) groups is 1. The zero-order valence-electron chi connectivity index (χ0n) is 18.1. The Kier molecular flexibility index (Phi) is 6.71. The fraction of sp³-hybridized carbons (Fsp3) is 0.192. The summed E-state index contributed by atoms with van der Waals surface area (Å²) in [5.41, 5.74) is 4.66. The molecular formula is C26H25N3O2S. The molecule has 32 heavy (non-hydrogen) atoms. The van der Waals surface area contributed by atoms with Crippen molar-refractivity contribution >= 4 is 40.1 Å². The van der Waals surface area contributed by atoms with Gasteiger partial charge in [-0.05, 0) is 43.2 Å². The van der Waals surface area contributed by atoms with Crippen molar-refractivity contribution in [3.05, 3.63) is 95.6 Å². The second kappa shape index (κ2) is 9.83. The van der Waals surface area contributed by atoms with Gasteiger partial charge in [-0.3, -0.25) is 14.5 Å². The third kappa shape index (κ3) is 5.26. The van der Waals surface area contributed by atoms with Crippen molar-refractivity contribution in [1.82, 2.24) is 4.90 Å². The number of nitrogens with one attached hydrogen (secondary N) is 1. The van der Waals surface area contributed by atoms with Crippen LogP contribution in [-0.2, 0) is 16.1 Å². The van der Waals surface area contributed by atoms with Gasteiger partial charge < -0.3 is 5.32 Å². The van der Waals surface area contributed by atoms with Crippen molar-refractivity contribution in [2.75, 3.05) is 5.32 Å². The molecular weight excluding hydrogens is 418 g/mol. The van der Waals surface area contributed by atoms with Crippen LogP contribution in [0, 0.1) is 13.8 Å². The summed E-state index contributed by atoms with van der Waals surface area (Å²) in [6.45, 7) is 4.40. The molecule has 0 aliphatic carbocycles. The molecule has 1 aliphatic rings. The molecule has 4 rings (SSSR count). The zero-order valence-corrected chi connectivity index (χ0v) is 18.9. The van der Waals surface area contributed by atoms with Crippen LogP contribution in [-0.4, -0.2) is 27.1 Å². The number of amidine groups is 1. The summed E-state index contributed by atoms with van der Waals surface area (Å²) in [7, 11) is 0. The van der Waals surface area contributed by atoms with Gasteiger partial charge in [0, 0.05) is 12.1 Å². The van der Waals surface area contributed by atoms with E-state index in [2.05, 4.69) is 5.32 Å². The summed E-state index contributed by atoms with van der Waals surface area (Å²) in [5, 5.41) is 2.99. The first kappa shape index (κ1) is 21.8. The van der Waals surface area contributed by atoms with Gasteiger partial charge in [0.15, 0.2) is 5.17 Å². The molecule has 0 bridgehead atoms. The highest BCUT2D eigenvalue weighted by atomic mass is 32.2. The Morgan fingerprint density at radius 3 is 2.41 bits per heavy atom. The maximum Gasteiger partial charge on any atom is 0.238 e. The van der Waals surface area contributed by atoms with Crippen LogP contribution in [0.5, 0.6) is 0 Å². The van der Waals surface area contributed by atoms with Gasteiger partial charge in [0.2, 0.25) is 11.8 Å². The number of hydrogen-bond donors (Lipinski definition) is 1. The number of aryl methyl sites for hydroxylation is 2. The second-order valence-corrected chi connectivity index (χ2v) is 8.98. The lowest BCUT2D eigenvalue weighted by molar-refractivity contribution is -0.129. The van der Waals surface area contributed by atoms with Gasteiger partial charge in [0.1, 0.15) is 5.25 Å². The number of nitrogens with zero attached hydrogens (tertiary/aromatic N) is 2. The second-order valence-electron chi connectivity index (χ2n) is 7.81. The van der Waals surface area contributed by atoms with Gasteiger partial charge in [-0.2, -0.15) is 0 Å². The summed E-state index contributed by atoms with van der Waals surface area (Å²) in [6.07, 6.45) is 0.127. The number of carbonyl (C=O) groups excluding carboxylic acids is 2. The van der Waals surface area contributed by atoms with Crippen molar-refractivity contribution < 1.29 is 9.59 Å². The smallest absolute Gasteiger partial charge is 0.238 e. The Labute approximate surface area is 192 Å². The molecule has 1 heterocycles. The standard InChI is InChI=1S/C26H25N3O2S/c1-18-13-14-22(19(2)15-18)28-25(31)23-16-24(30)29(17-20-9-5-3-6-10-20)26(32-23)27-21-11-7-4-8-12-21/h3-15,23H,16-17H2,1-2H3,(H,28,31). The van der Waals surface area contributed by atoms with E-state index >= 15 is 0 Å². The molecule has 1 aliphatic heterocycles. The number of rotatable bonds is 5. The molecule has 6 heteroatoms. The first-order chi connectivity index (χ1) is 15.5. The van der Waals surface area contributed by atoms with Crippen molar-refractivity contribution in [1.29, 1.82) is 0 Å². The average molecular weight is 444 g/mol. The molecule has 162 valence electrons. The molecule has 5 nitrogen and oxygen atoms in total. The predicted octanol–water partition coefficient (Wildman–Crippen LogP) is 5.46. The molecule has 1 N–H and O–H groups in total. The number of para-hydroxylation sites is 1. The largest absolute Gasteiger partial charge is 0.325 e. The Morgan fingerprint density at radius 1 is 1.03 bits per heavy atom. The summed E-state index contributed by atoms with van der Waals surface area (Å²) >= 11 is 1.34. The van der Waals surface area contributed by atoms with E-state index in [0.29, 0.717) is 11.7 Å². The van der Waals surface area contributed by atoms with E-state index in [1.54, 1.807) is 4.90 Å². The highest BCUT2D eigenvalue weighted by molar-refractivity contribution is 8.15. The zero-order chi connectivity index (χ0) is 22.5. The predicted molar refractivity (Wildman–Crippen MR) is 131 cm³/mol. The minimum Gasteiger partial charge on any atom is -0.325 e. The molecule has 3 aromatic carbocycles. The van der Waals surface area contributed by atoms with Crippen LogP contribution >= 0.6 is 11.8 Å². The number of amides is 2. The van der Waals surface area contributed by atoms with Crippen LogP contribution in [0.15, 0.2) is 83.9 Å². The van der Waals surface area contributed by atoms with E-state index in [4.69, 9.17) is 4.99 Å². The Morgan fingerprint density at radius 2 is 1.72 bits per heavy atom. The van der Waals surface area contributed by atoms with Crippen LogP contribution in [0.4, 0.5) is 11.4 Å². The molecule has 2 amide bonds. The molecule has 1 atom stereocenters. The SMILES string of the molecule is Cc1ccc(NC(=O)C2CC(=O)N(Cc3ccccc3)C(=Nc3ccccc3)S2)c(C)c1. The third-order valence-corrected chi connectivity index (χ3v) is 6.42. The fourth-order valence-corrected chi connectivity index (χ4v) is 4.64. The van der Waals surface area contributed by atoms with E-state index in [0.717, 1.165) is 28.1 Å². The number of carbonyl (C=O) groups is 2. The van der Waals surface area contributed by atoms with E-state index in [9.17, 15) is 9.59 Å². The minimum atomic E-state index is -0.544. The number of benzene rings is 3. The van der Waals surface area contributed by atoms with Crippen LogP contribution < -0.4 is 5.32 Å². The van der Waals surface area contributed by atoms with E-state index < -0.39 is 5.25 Å². The Bertz CT molecular complexity index is 1150. The molecule has 1 unspecified atom stereocenters. The molecule has 0 saturated carbocycles. The van der Waals surface area contributed by atoms with Crippen molar-refractivity contribution in [2.45, 2.75) is 32.1 Å². The first-order valence-electron chi connectivity index (χ1n) is 10.5. The van der Waals surface area contributed by atoms with Gasteiger partial charge in [-0.15, -0.1) is 0 Å². The first-order valence-corrected chi connectivity index (χ1v) is 11.4. The number of anilines is 1.